The Bertz CT molecular complexity index is 1020. The lowest BCUT2D eigenvalue weighted by Crippen LogP contribution is -2.06. The van der Waals surface area contributed by atoms with Crippen LogP contribution in [0.2, 0.25) is 0 Å². The van der Waals surface area contributed by atoms with Crippen LogP contribution in [0.25, 0.3) is 21.9 Å². The van der Waals surface area contributed by atoms with Crippen LogP contribution in [0.1, 0.15) is 15.9 Å². The Labute approximate surface area is 135 Å². The van der Waals surface area contributed by atoms with E-state index in [1.807, 2.05) is 0 Å². The molecule has 0 saturated carbocycles. The summed E-state index contributed by atoms with van der Waals surface area (Å²) in [6.07, 6.45) is 0.263. The molecular formula is C17H14O7. The smallest absolute Gasteiger partial charge is 0.341 e. The molecule has 2 aromatic carbocycles. The summed E-state index contributed by atoms with van der Waals surface area (Å²) in [5.74, 6) is -1.55. The summed E-state index contributed by atoms with van der Waals surface area (Å²) in [5, 5.41) is 29.3. The zero-order chi connectivity index (χ0) is 17.4. The SMILES string of the molecule is COC(=O)c1ccc2c(=O)c3c(O)cc(CCO)cc3oc2c1O. The maximum absolute atomic E-state index is 12.6. The van der Waals surface area contributed by atoms with Gasteiger partial charge < -0.3 is 24.5 Å². The number of aromatic hydroxyl groups is 2. The summed E-state index contributed by atoms with van der Waals surface area (Å²) in [6, 6.07) is 5.46. The molecule has 0 spiro atoms. The maximum Gasteiger partial charge on any atom is 0.341 e. The molecule has 3 aromatic rings. The number of hydrogen-bond acceptors (Lipinski definition) is 7. The zero-order valence-corrected chi connectivity index (χ0v) is 12.7. The van der Waals surface area contributed by atoms with Crippen LogP contribution in [0.15, 0.2) is 33.5 Å². The number of hydrogen-bond donors (Lipinski definition) is 3. The van der Waals surface area contributed by atoms with E-state index >= 15 is 0 Å². The van der Waals surface area contributed by atoms with E-state index < -0.39 is 17.1 Å². The predicted molar refractivity (Wildman–Crippen MR) is 85.4 cm³/mol. The van der Waals surface area contributed by atoms with Crippen molar-refractivity contribution in [2.24, 2.45) is 0 Å². The van der Waals surface area contributed by atoms with E-state index in [9.17, 15) is 19.8 Å². The molecule has 0 saturated heterocycles. The van der Waals surface area contributed by atoms with Gasteiger partial charge in [-0.2, -0.15) is 0 Å². The van der Waals surface area contributed by atoms with E-state index in [1.165, 1.54) is 31.4 Å². The van der Waals surface area contributed by atoms with E-state index in [1.54, 1.807) is 0 Å². The summed E-state index contributed by atoms with van der Waals surface area (Å²) in [7, 11) is 1.17. The summed E-state index contributed by atoms with van der Waals surface area (Å²) in [5.41, 5.74) is -0.230. The first-order valence-electron chi connectivity index (χ1n) is 7.11. The molecule has 0 unspecified atom stereocenters. The molecule has 124 valence electrons. The predicted octanol–water partition coefficient (Wildman–Crippen LogP) is 1.68. The Morgan fingerprint density at radius 1 is 1.25 bits per heavy atom. The normalized spacial score (nSPS) is 11.1. The highest BCUT2D eigenvalue weighted by Crippen LogP contribution is 2.33. The minimum atomic E-state index is -0.769. The Hall–Kier alpha value is -3.06. The number of rotatable bonds is 3. The van der Waals surface area contributed by atoms with Crippen LogP contribution in [-0.4, -0.2) is 35.0 Å². The van der Waals surface area contributed by atoms with Crippen molar-refractivity contribution in [1.29, 1.82) is 0 Å². The monoisotopic (exact) mass is 330 g/mol. The van der Waals surface area contributed by atoms with E-state index in [4.69, 9.17) is 9.52 Å². The number of esters is 1. The standard InChI is InChI=1S/C17H14O7/c1-23-17(22)10-3-2-9-14(20)13-11(19)6-8(4-5-18)7-12(13)24-16(9)15(10)21/h2-3,6-7,18-19,21H,4-5H2,1H3. The number of benzene rings is 2. The molecule has 24 heavy (non-hydrogen) atoms. The fourth-order valence-corrected chi connectivity index (χ4v) is 2.61. The highest BCUT2D eigenvalue weighted by Gasteiger charge is 2.20. The molecule has 1 aromatic heterocycles. The molecule has 0 atom stereocenters. The number of aliphatic hydroxyl groups excluding tert-OH is 1. The van der Waals surface area contributed by atoms with Crippen LogP contribution in [-0.2, 0) is 11.2 Å². The van der Waals surface area contributed by atoms with Gasteiger partial charge in [-0.15, -0.1) is 0 Å². The van der Waals surface area contributed by atoms with Gasteiger partial charge in [0.2, 0.25) is 5.43 Å². The number of ether oxygens (including phenoxy) is 1. The summed E-state index contributed by atoms with van der Waals surface area (Å²) in [4.78, 5) is 24.2. The van der Waals surface area contributed by atoms with Crippen molar-refractivity contribution in [3.63, 3.8) is 0 Å². The summed E-state index contributed by atoms with van der Waals surface area (Å²) in [6.45, 7) is -0.138. The molecule has 0 aliphatic carbocycles. The number of phenols is 2. The van der Waals surface area contributed by atoms with Gasteiger partial charge in [-0.3, -0.25) is 4.79 Å². The third-order valence-electron chi connectivity index (χ3n) is 3.76. The molecule has 3 N–H and O–H groups in total. The fraction of sp³-hybridized carbons (Fsp3) is 0.176. The number of carbonyl (C=O) groups excluding carboxylic acids is 1. The third-order valence-corrected chi connectivity index (χ3v) is 3.76. The second kappa shape index (κ2) is 5.86. The Morgan fingerprint density at radius 3 is 2.67 bits per heavy atom. The van der Waals surface area contributed by atoms with Gasteiger partial charge in [-0.05, 0) is 36.2 Å². The summed E-state index contributed by atoms with van der Waals surface area (Å²) >= 11 is 0. The van der Waals surface area contributed by atoms with Gasteiger partial charge in [0.1, 0.15) is 22.3 Å². The molecule has 7 heteroatoms. The van der Waals surface area contributed by atoms with E-state index in [0.29, 0.717) is 5.56 Å². The molecule has 0 aliphatic rings. The third kappa shape index (κ3) is 2.35. The second-order valence-electron chi connectivity index (χ2n) is 5.22. The topological polar surface area (TPSA) is 117 Å². The first-order chi connectivity index (χ1) is 11.5. The van der Waals surface area contributed by atoms with E-state index in [0.717, 1.165) is 0 Å². The van der Waals surface area contributed by atoms with Crippen LogP contribution < -0.4 is 5.43 Å². The highest BCUT2D eigenvalue weighted by molar-refractivity contribution is 6.02. The molecule has 1 heterocycles. The lowest BCUT2D eigenvalue weighted by Gasteiger charge is -2.09. The van der Waals surface area contributed by atoms with Crippen LogP contribution in [0.4, 0.5) is 0 Å². The van der Waals surface area contributed by atoms with Crippen LogP contribution >= 0.6 is 0 Å². The molecular weight excluding hydrogens is 316 g/mol. The lowest BCUT2D eigenvalue weighted by atomic mass is 10.0. The van der Waals surface area contributed by atoms with Crippen molar-refractivity contribution in [3.05, 3.63) is 45.6 Å². The Balaban J connectivity index is 2.40. The Kier molecular flexibility index (Phi) is 3.86. The maximum atomic E-state index is 12.6. The van der Waals surface area contributed by atoms with Crippen LogP contribution in [0, 0.1) is 0 Å². The van der Waals surface area contributed by atoms with Gasteiger partial charge in [0, 0.05) is 6.61 Å². The molecule has 7 nitrogen and oxygen atoms in total. The molecule has 3 rings (SSSR count). The van der Waals surface area contributed by atoms with E-state index in [-0.39, 0.29) is 46.3 Å². The molecule has 0 fully saturated rings. The largest absolute Gasteiger partial charge is 0.507 e. The molecule has 0 amide bonds. The summed E-state index contributed by atoms with van der Waals surface area (Å²) < 4.78 is 10.1. The van der Waals surface area contributed by atoms with Gasteiger partial charge in [-0.1, -0.05) is 0 Å². The van der Waals surface area contributed by atoms with E-state index in [2.05, 4.69) is 4.74 Å². The Morgan fingerprint density at radius 2 is 2.00 bits per heavy atom. The number of carbonyl (C=O) groups is 1. The zero-order valence-electron chi connectivity index (χ0n) is 12.7. The van der Waals surface area contributed by atoms with Gasteiger partial charge in [0.15, 0.2) is 11.3 Å². The lowest BCUT2D eigenvalue weighted by molar-refractivity contribution is 0.0597. The minimum Gasteiger partial charge on any atom is -0.507 e. The average molecular weight is 330 g/mol. The number of fused-ring (bicyclic) bond motifs is 2. The number of methoxy groups -OCH3 is 1. The van der Waals surface area contributed by atoms with Crippen molar-refractivity contribution in [3.8, 4) is 11.5 Å². The quantitative estimate of drug-likeness (QED) is 0.494. The van der Waals surface area contributed by atoms with Gasteiger partial charge in [0.05, 0.1) is 12.5 Å². The number of aliphatic hydroxyl groups is 1. The van der Waals surface area contributed by atoms with Crippen molar-refractivity contribution >= 4 is 27.9 Å². The second-order valence-corrected chi connectivity index (χ2v) is 5.22. The van der Waals surface area contributed by atoms with Crippen LogP contribution in [0.5, 0.6) is 11.5 Å². The number of phenolic OH excluding ortho intramolecular Hbond substituents is 2. The van der Waals surface area contributed by atoms with Crippen molar-refractivity contribution in [1.82, 2.24) is 0 Å². The van der Waals surface area contributed by atoms with Crippen molar-refractivity contribution in [2.45, 2.75) is 6.42 Å². The fourth-order valence-electron chi connectivity index (χ4n) is 2.61. The van der Waals surface area contributed by atoms with Gasteiger partial charge in [-0.25, -0.2) is 4.79 Å². The first kappa shape index (κ1) is 15.8. The molecule has 0 bridgehead atoms. The minimum absolute atomic E-state index is 0.0258. The van der Waals surface area contributed by atoms with Gasteiger partial charge >= 0.3 is 5.97 Å². The van der Waals surface area contributed by atoms with Crippen molar-refractivity contribution in [2.75, 3.05) is 13.7 Å². The molecule has 0 radical (unpaired) electrons. The van der Waals surface area contributed by atoms with Crippen LogP contribution in [0.3, 0.4) is 0 Å². The highest BCUT2D eigenvalue weighted by atomic mass is 16.5. The average Bonchev–Trinajstić information content (AvgIpc) is 2.55. The molecule has 0 aliphatic heterocycles. The van der Waals surface area contributed by atoms with Crippen molar-refractivity contribution < 1.29 is 29.3 Å². The van der Waals surface area contributed by atoms with Gasteiger partial charge in [0.25, 0.3) is 0 Å². The first-order valence-corrected chi connectivity index (χ1v) is 7.11.